The minimum atomic E-state index is -0.165. The highest BCUT2D eigenvalue weighted by molar-refractivity contribution is 5.84. The Bertz CT molecular complexity index is 961. The van der Waals surface area contributed by atoms with Crippen molar-refractivity contribution in [3.8, 4) is 0 Å². The summed E-state index contributed by atoms with van der Waals surface area (Å²) in [5, 5.41) is 0. The number of likely N-dealkylation sites (tertiary alicyclic amines) is 1. The van der Waals surface area contributed by atoms with Gasteiger partial charge in [0.25, 0.3) is 0 Å². The maximum absolute atomic E-state index is 13.6. The number of rotatable bonds is 3. The Labute approximate surface area is 179 Å². The van der Waals surface area contributed by atoms with E-state index in [9.17, 15) is 4.79 Å². The van der Waals surface area contributed by atoms with Crippen molar-refractivity contribution in [3.63, 3.8) is 0 Å². The second-order valence-electron chi connectivity index (χ2n) is 9.35. The average molecular weight is 405 g/mol. The fourth-order valence-corrected chi connectivity index (χ4v) is 5.69. The number of aryl methyl sites for hydroxylation is 2. The highest BCUT2D eigenvalue weighted by Crippen LogP contribution is 2.42. The van der Waals surface area contributed by atoms with E-state index in [2.05, 4.69) is 64.1 Å². The van der Waals surface area contributed by atoms with Crippen molar-refractivity contribution in [2.24, 2.45) is 5.41 Å². The van der Waals surface area contributed by atoms with Gasteiger partial charge >= 0.3 is 0 Å². The molecular formula is C25H32N4O. The molecular weight excluding hydrogens is 372 g/mol. The zero-order chi connectivity index (χ0) is 20.7. The highest BCUT2D eigenvalue weighted by Gasteiger charge is 2.45. The van der Waals surface area contributed by atoms with Gasteiger partial charge in [0.05, 0.1) is 5.41 Å². The van der Waals surface area contributed by atoms with Crippen molar-refractivity contribution in [2.45, 2.75) is 58.9 Å². The molecule has 4 heterocycles. The number of fused-ring (bicyclic) bond motifs is 1. The summed E-state index contributed by atoms with van der Waals surface area (Å²) in [6, 6.07) is 4.34. The molecule has 1 amide bonds. The number of H-pyrrole nitrogens is 1. The van der Waals surface area contributed by atoms with Gasteiger partial charge in [0.15, 0.2) is 0 Å². The van der Waals surface area contributed by atoms with Crippen molar-refractivity contribution in [1.29, 1.82) is 0 Å². The summed E-state index contributed by atoms with van der Waals surface area (Å²) in [5.74, 6) is 0.386. The van der Waals surface area contributed by atoms with Gasteiger partial charge in [-0.05, 0) is 81.7 Å². The summed E-state index contributed by atoms with van der Waals surface area (Å²) in [7, 11) is 0. The number of amides is 1. The van der Waals surface area contributed by atoms with Crippen LogP contribution in [0.25, 0.3) is 6.08 Å². The van der Waals surface area contributed by atoms with Crippen molar-refractivity contribution in [2.75, 3.05) is 24.5 Å². The highest BCUT2D eigenvalue weighted by atomic mass is 16.2. The van der Waals surface area contributed by atoms with Crippen LogP contribution in [0.4, 0.5) is 5.69 Å². The number of anilines is 1. The smallest absolute Gasteiger partial charge is 0.229 e. The lowest BCUT2D eigenvalue weighted by Gasteiger charge is -2.47. The van der Waals surface area contributed by atoms with Crippen LogP contribution < -0.4 is 4.90 Å². The molecule has 0 radical (unpaired) electrons. The lowest BCUT2D eigenvalue weighted by Crippen LogP contribution is -2.53. The van der Waals surface area contributed by atoms with Crippen LogP contribution in [0.15, 0.2) is 24.4 Å². The van der Waals surface area contributed by atoms with Gasteiger partial charge in [0.1, 0.15) is 0 Å². The Hall–Kier alpha value is -2.56. The Morgan fingerprint density at radius 1 is 1.10 bits per heavy atom. The van der Waals surface area contributed by atoms with Crippen LogP contribution in [-0.2, 0) is 17.8 Å². The summed E-state index contributed by atoms with van der Waals surface area (Å²) in [6.45, 7) is 7.66. The summed E-state index contributed by atoms with van der Waals surface area (Å²) < 4.78 is 0. The zero-order valence-corrected chi connectivity index (χ0v) is 18.2. The van der Waals surface area contributed by atoms with Gasteiger partial charge in [-0.1, -0.05) is 6.08 Å². The molecule has 2 aromatic heterocycles. The number of piperidine rings is 2. The molecule has 0 bridgehead atoms. The first-order valence-electron chi connectivity index (χ1n) is 11.4. The predicted octanol–water partition coefficient (Wildman–Crippen LogP) is 4.40. The third-order valence-electron chi connectivity index (χ3n) is 7.30. The Balaban J connectivity index is 1.29. The van der Waals surface area contributed by atoms with Gasteiger partial charge in [-0.2, -0.15) is 0 Å². The lowest BCUT2D eigenvalue weighted by molar-refractivity contribution is -0.148. The van der Waals surface area contributed by atoms with Gasteiger partial charge in [0.2, 0.25) is 5.91 Å². The number of nitrogens with one attached hydrogen (secondary N) is 1. The Kier molecular flexibility index (Phi) is 4.92. The SMILES string of the molecule is Cc1cc(N2CCC3(CCCN(Cc4c[nH]c5c4CCC=C5)C3=O)CC2)cc(C)n1. The molecule has 158 valence electrons. The third-order valence-corrected chi connectivity index (χ3v) is 7.30. The van der Waals surface area contributed by atoms with Gasteiger partial charge in [-0.25, -0.2) is 0 Å². The summed E-state index contributed by atoms with van der Waals surface area (Å²) >= 11 is 0. The molecule has 0 atom stereocenters. The molecule has 0 aromatic carbocycles. The van der Waals surface area contributed by atoms with Crippen molar-refractivity contribution in [3.05, 3.63) is 52.6 Å². The van der Waals surface area contributed by atoms with E-state index in [0.29, 0.717) is 5.91 Å². The van der Waals surface area contributed by atoms with E-state index in [4.69, 9.17) is 0 Å². The molecule has 1 N–H and O–H groups in total. The first-order chi connectivity index (χ1) is 14.5. The summed E-state index contributed by atoms with van der Waals surface area (Å²) in [6.07, 6.45) is 12.8. The topological polar surface area (TPSA) is 52.2 Å². The van der Waals surface area contributed by atoms with E-state index in [-0.39, 0.29) is 5.41 Å². The van der Waals surface area contributed by atoms with Gasteiger partial charge in [0, 0.05) is 55.1 Å². The van der Waals surface area contributed by atoms with Crippen molar-refractivity contribution in [1.82, 2.24) is 14.9 Å². The minimum Gasteiger partial charge on any atom is -0.371 e. The van der Waals surface area contributed by atoms with Crippen LogP contribution in [0.1, 0.15) is 60.3 Å². The van der Waals surface area contributed by atoms with Crippen LogP contribution >= 0.6 is 0 Å². The van der Waals surface area contributed by atoms with Gasteiger partial charge in [-0.3, -0.25) is 9.78 Å². The molecule has 1 aliphatic carbocycles. The van der Waals surface area contributed by atoms with Crippen LogP contribution in [0, 0.1) is 19.3 Å². The Morgan fingerprint density at radius 3 is 2.63 bits per heavy atom. The van der Waals surface area contributed by atoms with Crippen molar-refractivity contribution >= 4 is 17.7 Å². The van der Waals surface area contributed by atoms with E-state index >= 15 is 0 Å². The first kappa shape index (κ1) is 19.4. The average Bonchev–Trinajstić information content (AvgIpc) is 3.14. The normalized spacial score (nSPS) is 20.7. The quantitative estimate of drug-likeness (QED) is 0.825. The number of aromatic nitrogens is 2. The molecule has 30 heavy (non-hydrogen) atoms. The number of aromatic amines is 1. The molecule has 0 saturated carbocycles. The largest absolute Gasteiger partial charge is 0.371 e. The summed E-state index contributed by atoms with van der Waals surface area (Å²) in [4.78, 5) is 26.1. The molecule has 0 unspecified atom stereocenters. The Morgan fingerprint density at radius 2 is 1.87 bits per heavy atom. The molecule has 1 spiro atoms. The lowest BCUT2D eigenvalue weighted by atomic mass is 9.71. The molecule has 2 fully saturated rings. The number of pyridine rings is 1. The fourth-order valence-electron chi connectivity index (χ4n) is 5.69. The van der Waals surface area contributed by atoms with E-state index in [1.54, 1.807) is 0 Å². The van der Waals surface area contributed by atoms with Gasteiger partial charge in [-0.15, -0.1) is 0 Å². The number of hydrogen-bond donors (Lipinski definition) is 1. The summed E-state index contributed by atoms with van der Waals surface area (Å²) in [5.41, 5.74) is 7.16. The first-order valence-corrected chi connectivity index (χ1v) is 11.4. The predicted molar refractivity (Wildman–Crippen MR) is 120 cm³/mol. The maximum atomic E-state index is 13.6. The number of allylic oxidation sites excluding steroid dienone is 1. The van der Waals surface area contributed by atoms with E-state index < -0.39 is 0 Å². The maximum Gasteiger partial charge on any atom is 0.229 e. The molecule has 2 aliphatic heterocycles. The second-order valence-corrected chi connectivity index (χ2v) is 9.35. The number of carbonyl (C=O) groups is 1. The number of nitrogens with zero attached hydrogens (tertiary/aromatic N) is 3. The third kappa shape index (κ3) is 3.44. The molecule has 5 rings (SSSR count). The molecule has 5 nitrogen and oxygen atoms in total. The van der Waals surface area contributed by atoms with Gasteiger partial charge < -0.3 is 14.8 Å². The zero-order valence-electron chi connectivity index (χ0n) is 18.2. The monoisotopic (exact) mass is 404 g/mol. The van der Waals surface area contributed by atoms with Crippen LogP contribution in [-0.4, -0.2) is 40.4 Å². The van der Waals surface area contributed by atoms with E-state index in [1.807, 2.05) is 0 Å². The van der Waals surface area contributed by atoms with Crippen molar-refractivity contribution < 1.29 is 4.79 Å². The number of hydrogen-bond acceptors (Lipinski definition) is 3. The number of carbonyl (C=O) groups excluding carboxylic acids is 1. The van der Waals surface area contributed by atoms with Crippen LogP contribution in [0.3, 0.4) is 0 Å². The van der Waals surface area contributed by atoms with E-state index in [1.165, 1.54) is 22.5 Å². The molecule has 3 aliphatic rings. The standard InChI is InChI=1S/C25H32N4O/c1-18-14-21(15-19(2)27-18)28-12-9-25(10-13-28)8-5-11-29(24(25)30)17-20-16-26-23-7-4-3-6-22(20)23/h4,7,14-16,26H,3,5-6,8-13,17H2,1-2H3. The molecule has 2 aromatic rings. The minimum absolute atomic E-state index is 0.165. The molecule has 2 saturated heterocycles. The van der Waals surface area contributed by atoms with Crippen LogP contribution in [0.5, 0.6) is 0 Å². The van der Waals surface area contributed by atoms with E-state index in [0.717, 1.165) is 76.1 Å². The van der Waals surface area contributed by atoms with Crippen LogP contribution in [0.2, 0.25) is 0 Å². The molecule has 5 heteroatoms. The fraction of sp³-hybridized carbons (Fsp3) is 0.520. The second kappa shape index (κ2) is 7.60.